The van der Waals surface area contributed by atoms with Gasteiger partial charge in [-0.05, 0) is 24.3 Å². The molecule has 0 aliphatic heterocycles. The van der Waals surface area contributed by atoms with E-state index in [2.05, 4.69) is 15.9 Å². The standard InChI is InChI=1S/C13H9BrFNO3/c1-16-6-7(4-11(16)13(18)19)12(17)9-5-8(14)2-3-10(9)15/h2-6H,1H3,(H,18,19). The maximum atomic E-state index is 13.6. The summed E-state index contributed by atoms with van der Waals surface area (Å²) in [7, 11) is 1.51. The van der Waals surface area contributed by atoms with Gasteiger partial charge in [0.15, 0.2) is 5.78 Å². The van der Waals surface area contributed by atoms with Crippen LogP contribution in [0.1, 0.15) is 26.4 Å². The number of carbonyl (C=O) groups is 2. The molecule has 2 rings (SSSR count). The van der Waals surface area contributed by atoms with Gasteiger partial charge in [-0.1, -0.05) is 15.9 Å². The van der Waals surface area contributed by atoms with E-state index < -0.39 is 17.6 Å². The number of aromatic carboxylic acids is 1. The van der Waals surface area contributed by atoms with Crippen LogP contribution < -0.4 is 0 Å². The largest absolute Gasteiger partial charge is 0.477 e. The molecule has 6 heteroatoms. The molecule has 0 aliphatic rings. The Bertz CT molecular complexity index is 679. The lowest BCUT2D eigenvalue weighted by Crippen LogP contribution is -2.03. The molecule has 0 amide bonds. The first-order chi connectivity index (χ1) is 8.90. The Labute approximate surface area is 116 Å². The number of rotatable bonds is 3. The Morgan fingerprint density at radius 3 is 2.58 bits per heavy atom. The van der Waals surface area contributed by atoms with Gasteiger partial charge in [-0.3, -0.25) is 4.79 Å². The van der Waals surface area contributed by atoms with E-state index in [1.165, 1.54) is 42.1 Å². The molecule has 1 heterocycles. The minimum absolute atomic E-state index is 0.0289. The van der Waals surface area contributed by atoms with E-state index in [1.807, 2.05) is 0 Å². The zero-order valence-electron chi connectivity index (χ0n) is 9.85. The zero-order chi connectivity index (χ0) is 14.2. The van der Waals surface area contributed by atoms with Gasteiger partial charge in [-0.2, -0.15) is 0 Å². The highest BCUT2D eigenvalue weighted by molar-refractivity contribution is 9.10. The van der Waals surface area contributed by atoms with Gasteiger partial charge >= 0.3 is 5.97 Å². The van der Waals surface area contributed by atoms with Crippen molar-refractivity contribution in [1.29, 1.82) is 0 Å². The predicted molar refractivity (Wildman–Crippen MR) is 69.9 cm³/mol. The molecule has 1 N–H and O–H groups in total. The highest BCUT2D eigenvalue weighted by atomic mass is 79.9. The number of halogens is 2. The van der Waals surface area contributed by atoms with Gasteiger partial charge in [0, 0.05) is 23.3 Å². The summed E-state index contributed by atoms with van der Waals surface area (Å²) in [4.78, 5) is 23.0. The molecule has 0 bridgehead atoms. The molecule has 1 aromatic carbocycles. The summed E-state index contributed by atoms with van der Waals surface area (Å²) in [5, 5.41) is 8.92. The third kappa shape index (κ3) is 2.58. The first kappa shape index (κ1) is 13.5. The van der Waals surface area contributed by atoms with Crippen molar-refractivity contribution in [2.24, 2.45) is 7.05 Å². The second-order valence-electron chi connectivity index (χ2n) is 3.98. The predicted octanol–water partition coefficient (Wildman–Crippen LogP) is 2.86. The van der Waals surface area contributed by atoms with Gasteiger partial charge < -0.3 is 9.67 Å². The third-order valence-electron chi connectivity index (χ3n) is 2.66. The molecule has 19 heavy (non-hydrogen) atoms. The van der Waals surface area contributed by atoms with Gasteiger partial charge in [0.25, 0.3) is 0 Å². The van der Waals surface area contributed by atoms with E-state index in [9.17, 15) is 14.0 Å². The normalized spacial score (nSPS) is 10.5. The number of aromatic nitrogens is 1. The topological polar surface area (TPSA) is 59.3 Å². The van der Waals surface area contributed by atoms with E-state index in [0.717, 1.165) is 0 Å². The molecule has 0 saturated carbocycles. The summed E-state index contributed by atoms with van der Waals surface area (Å²) in [6.07, 6.45) is 1.37. The van der Waals surface area contributed by atoms with E-state index in [1.54, 1.807) is 0 Å². The minimum Gasteiger partial charge on any atom is -0.477 e. The van der Waals surface area contributed by atoms with Crippen molar-refractivity contribution in [1.82, 2.24) is 4.57 Å². The number of aryl methyl sites for hydroxylation is 1. The van der Waals surface area contributed by atoms with Crippen LogP contribution in [0.4, 0.5) is 4.39 Å². The van der Waals surface area contributed by atoms with Crippen LogP contribution >= 0.6 is 15.9 Å². The molecular formula is C13H9BrFNO3. The number of nitrogens with zero attached hydrogens (tertiary/aromatic N) is 1. The summed E-state index contributed by atoms with van der Waals surface area (Å²) >= 11 is 3.16. The van der Waals surface area contributed by atoms with E-state index in [-0.39, 0.29) is 16.8 Å². The second kappa shape index (κ2) is 4.97. The lowest BCUT2D eigenvalue weighted by molar-refractivity contribution is 0.0686. The monoisotopic (exact) mass is 325 g/mol. The number of benzene rings is 1. The smallest absolute Gasteiger partial charge is 0.352 e. The summed E-state index contributed by atoms with van der Waals surface area (Å²) in [6, 6.07) is 5.26. The van der Waals surface area contributed by atoms with Gasteiger partial charge in [-0.25, -0.2) is 9.18 Å². The van der Waals surface area contributed by atoms with Crippen molar-refractivity contribution < 1.29 is 19.1 Å². The Kier molecular flexibility index (Phi) is 3.53. The number of hydrogen-bond donors (Lipinski definition) is 1. The average molecular weight is 326 g/mol. The van der Waals surface area contributed by atoms with E-state index in [0.29, 0.717) is 4.47 Å². The minimum atomic E-state index is -1.14. The maximum Gasteiger partial charge on any atom is 0.352 e. The zero-order valence-corrected chi connectivity index (χ0v) is 11.4. The number of ketones is 1. The third-order valence-corrected chi connectivity index (χ3v) is 3.15. The fraction of sp³-hybridized carbons (Fsp3) is 0.0769. The summed E-state index contributed by atoms with van der Waals surface area (Å²) in [6.45, 7) is 0. The number of hydrogen-bond acceptors (Lipinski definition) is 2. The molecule has 0 aliphatic carbocycles. The summed E-state index contributed by atoms with van der Waals surface area (Å²) < 4.78 is 15.5. The SMILES string of the molecule is Cn1cc(C(=O)c2cc(Br)ccc2F)cc1C(=O)O. The molecule has 2 aromatic rings. The van der Waals surface area contributed by atoms with Crippen molar-refractivity contribution in [2.75, 3.05) is 0 Å². The van der Waals surface area contributed by atoms with Crippen molar-refractivity contribution in [3.63, 3.8) is 0 Å². The lowest BCUT2D eigenvalue weighted by atomic mass is 10.1. The first-order valence-electron chi connectivity index (χ1n) is 5.29. The van der Waals surface area contributed by atoms with Crippen LogP contribution in [0, 0.1) is 5.82 Å². The van der Waals surface area contributed by atoms with Crippen molar-refractivity contribution in [3.8, 4) is 0 Å². The summed E-state index contributed by atoms with van der Waals surface area (Å²) in [5.41, 5.74) is 0.00701. The van der Waals surface area contributed by atoms with Crippen molar-refractivity contribution in [2.45, 2.75) is 0 Å². The Hall–Kier alpha value is -1.95. The highest BCUT2D eigenvalue weighted by Crippen LogP contribution is 2.20. The van der Waals surface area contributed by atoms with Crippen LogP contribution in [-0.2, 0) is 7.05 Å². The Balaban J connectivity index is 2.47. The molecule has 1 aromatic heterocycles. The fourth-order valence-corrected chi connectivity index (χ4v) is 2.09. The molecule has 0 fully saturated rings. The van der Waals surface area contributed by atoms with Crippen LogP contribution in [0.15, 0.2) is 34.9 Å². The molecule has 0 atom stereocenters. The van der Waals surface area contributed by atoms with Crippen LogP contribution in [0.3, 0.4) is 0 Å². The van der Waals surface area contributed by atoms with E-state index in [4.69, 9.17) is 5.11 Å². The van der Waals surface area contributed by atoms with Crippen LogP contribution in [-0.4, -0.2) is 21.4 Å². The van der Waals surface area contributed by atoms with Gasteiger partial charge in [-0.15, -0.1) is 0 Å². The van der Waals surface area contributed by atoms with E-state index >= 15 is 0 Å². The first-order valence-corrected chi connectivity index (χ1v) is 6.09. The number of carbonyl (C=O) groups excluding carboxylic acids is 1. The quantitative estimate of drug-likeness (QED) is 0.883. The molecule has 98 valence electrons. The molecule has 4 nitrogen and oxygen atoms in total. The van der Waals surface area contributed by atoms with Crippen molar-refractivity contribution >= 4 is 27.7 Å². The molecule has 0 spiro atoms. The van der Waals surface area contributed by atoms with Gasteiger partial charge in [0.1, 0.15) is 11.5 Å². The Morgan fingerprint density at radius 2 is 2.00 bits per heavy atom. The second-order valence-corrected chi connectivity index (χ2v) is 4.90. The highest BCUT2D eigenvalue weighted by Gasteiger charge is 2.19. The molecular weight excluding hydrogens is 317 g/mol. The van der Waals surface area contributed by atoms with Crippen LogP contribution in [0.25, 0.3) is 0 Å². The molecule has 0 saturated heterocycles. The van der Waals surface area contributed by atoms with Gasteiger partial charge in [0.05, 0.1) is 5.56 Å². The summed E-state index contributed by atoms with van der Waals surface area (Å²) in [5.74, 6) is -2.34. The van der Waals surface area contributed by atoms with Crippen LogP contribution in [0.5, 0.6) is 0 Å². The number of carboxylic acids is 1. The number of carboxylic acid groups (broad SMARTS) is 1. The molecule has 0 unspecified atom stereocenters. The molecule has 0 radical (unpaired) electrons. The average Bonchev–Trinajstić information content (AvgIpc) is 2.74. The van der Waals surface area contributed by atoms with Crippen molar-refractivity contribution in [3.05, 3.63) is 57.6 Å². The van der Waals surface area contributed by atoms with Crippen LogP contribution in [0.2, 0.25) is 0 Å². The fourth-order valence-electron chi connectivity index (χ4n) is 1.73. The van der Waals surface area contributed by atoms with Gasteiger partial charge in [0.2, 0.25) is 0 Å². The Morgan fingerprint density at radius 1 is 1.32 bits per heavy atom. The lowest BCUT2D eigenvalue weighted by Gasteiger charge is -2.01. The maximum absolute atomic E-state index is 13.6.